The molecule has 0 spiro atoms. The van der Waals surface area contributed by atoms with E-state index >= 15 is 0 Å². The molecule has 0 aromatic heterocycles. The molecule has 5 nitrogen and oxygen atoms in total. The summed E-state index contributed by atoms with van der Waals surface area (Å²) in [5, 5.41) is 0. The minimum Gasteiger partial charge on any atom is -0.381 e. The largest absolute Gasteiger partial charge is 0.381 e. The van der Waals surface area contributed by atoms with Crippen LogP contribution >= 0.6 is 0 Å². The third-order valence-corrected chi connectivity index (χ3v) is 6.46. The molecule has 0 aliphatic carbocycles. The van der Waals surface area contributed by atoms with Crippen LogP contribution in [0.1, 0.15) is 106 Å². The van der Waals surface area contributed by atoms with Crippen LogP contribution in [-0.2, 0) is 9.53 Å². The maximum atomic E-state index is 12.1. The average molecular weight is 425 g/mol. The topological polar surface area (TPSA) is 49.9 Å². The van der Waals surface area contributed by atoms with Gasteiger partial charge < -0.3 is 9.64 Å². The lowest BCUT2D eigenvalue weighted by Gasteiger charge is -2.25. The predicted molar refractivity (Wildman–Crippen MR) is 125 cm³/mol. The van der Waals surface area contributed by atoms with Crippen molar-refractivity contribution in [3.05, 3.63) is 0 Å². The van der Waals surface area contributed by atoms with E-state index in [1.165, 1.54) is 43.4 Å². The van der Waals surface area contributed by atoms with Gasteiger partial charge >= 0.3 is 6.03 Å². The smallest absolute Gasteiger partial charge is 0.327 e. The van der Waals surface area contributed by atoms with Crippen LogP contribution in [0.15, 0.2) is 0 Å². The zero-order chi connectivity index (χ0) is 22.6. The highest BCUT2D eigenvalue weighted by Crippen LogP contribution is 2.30. The molecular formula is C25H48N2O3. The molecule has 176 valence electrons. The monoisotopic (exact) mass is 424 g/mol. The molecule has 3 amide bonds. The number of ether oxygens (including phenoxy) is 1. The molecule has 0 bridgehead atoms. The Balaban J connectivity index is 2.06. The molecule has 0 atom stereocenters. The Bertz CT molecular complexity index is 517. The Morgan fingerprint density at radius 2 is 1.33 bits per heavy atom. The van der Waals surface area contributed by atoms with Gasteiger partial charge in [-0.3, -0.25) is 9.69 Å². The van der Waals surface area contributed by atoms with Crippen molar-refractivity contribution in [1.82, 2.24) is 9.80 Å². The summed E-state index contributed by atoms with van der Waals surface area (Å²) >= 11 is 0. The maximum Gasteiger partial charge on any atom is 0.327 e. The molecule has 1 aliphatic rings. The summed E-state index contributed by atoms with van der Waals surface area (Å²) < 4.78 is 5.83. The number of rotatable bonds is 17. The van der Waals surface area contributed by atoms with E-state index in [1.807, 2.05) is 6.92 Å². The van der Waals surface area contributed by atoms with E-state index in [1.54, 1.807) is 4.90 Å². The number of carbonyl (C=O) groups is 2. The lowest BCUT2D eigenvalue weighted by Crippen LogP contribution is -2.34. The van der Waals surface area contributed by atoms with Crippen LogP contribution < -0.4 is 0 Å². The second kappa shape index (κ2) is 13.3. The predicted octanol–water partition coefficient (Wildman–Crippen LogP) is 6.26. The van der Waals surface area contributed by atoms with Crippen molar-refractivity contribution in [3.63, 3.8) is 0 Å². The molecule has 0 unspecified atom stereocenters. The van der Waals surface area contributed by atoms with Crippen LogP contribution in [0.3, 0.4) is 0 Å². The van der Waals surface area contributed by atoms with Crippen molar-refractivity contribution < 1.29 is 14.3 Å². The maximum absolute atomic E-state index is 12.1. The summed E-state index contributed by atoms with van der Waals surface area (Å²) in [6.45, 7) is 16.7. The van der Waals surface area contributed by atoms with Gasteiger partial charge in [0.15, 0.2) is 0 Å². The highest BCUT2D eigenvalue weighted by molar-refractivity contribution is 6.01. The highest BCUT2D eigenvalue weighted by Gasteiger charge is 2.34. The Morgan fingerprint density at radius 3 is 1.83 bits per heavy atom. The number of amides is 3. The number of likely N-dealkylation sites (N-methyl/N-ethyl adjacent to an activating group) is 1. The average Bonchev–Trinajstić information content (AvgIpc) is 2.94. The zero-order valence-electron chi connectivity index (χ0n) is 20.7. The number of unbranched alkanes of at least 4 members (excludes halogenated alkanes) is 2. The number of imide groups is 1. The summed E-state index contributed by atoms with van der Waals surface area (Å²) in [5.74, 6) is -0.0502. The van der Waals surface area contributed by atoms with Gasteiger partial charge in [-0.1, -0.05) is 53.9 Å². The Morgan fingerprint density at radius 1 is 0.800 bits per heavy atom. The number of carbonyl (C=O) groups excluding carboxylic acids is 2. The fourth-order valence-electron chi connectivity index (χ4n) is 4.42. The minimum atomic E-state index is -0.119. The van der Waals surface area contributed by atoms with Crippen molar-refractivity contribution in [3.8, 4) is 0 Å². The van der Waals surface area contributed by atoms with Crippen LogP contribution in [0.25, 0.3) is 0 Å². The molecule has 0 aromatic rings. The van der Waals surface area contributed by atoms with Gasteiger partial charge in [-0.25, -0.2) is 4.79 Å². The molecule has 0 saturated carbocycles. The normalized spacial score (nSPS) is 15.5. The van der Waals surface area contributed by atoms with E-state index in [0.717, 1.165) is 38.9 Å². The molecule has 30 heavy (non-hydrogen) atoms. The van der Waals surface area contributed by atoms with Crippen molar-refractivity contribution in [2.24, 2.45) is 10.8 Å². The second-order valence-corrected chi connectivity index (χ2v) is 10.6. The summed E-state index contributed by atoms with van der Waals surface area (Å²) in [6.07, 6.45) is 11.7. The summed E-state index contributed by atoms with van der Waals surface area (Å²) in [7, 11) is 0. The highest BCUT2D eigenvalue weighted by atomic mass is 16.5. The zero-order valence-corrected chi connectivity index (χ0v) is 20.7. The summed E-state index contributed by atoms with van der Waals surface area (Å²) in [5.41, 5.74) is 0.714. The lowest BCUT2D eigenvalue weighted by atomic mass is 9.82. The SMILES string of the molecule is CCCC(C)(C)CCCCOCCCCC(C)(C)CCCN1C(=O)CN(CC)C1=O. The van der Waals surface area contributed by atoms with Crippen LogP contribution in [0, 0.1) is 10.8 Å². The van der Waals surface area contributed by atoms with Crippen molar-refractivity contribution in [1.29, 1.82) is 0 Å². The van der Waals surface area contributed by atoms with E-state index in [-0.39, 0.29) is 23.9 Å². The molecule has 0 radical (unpaired) electrons. The van der Waals surface area contributed by atoms with Crippen molar-refractivity contribution >= 4 is 11.9 Å². The van der Waals surface area contributed by atoms with Crippen LogP contribution in [0.2, 0.25) is 0 Å². The van der Waals surface area contributed by atoms with Crippen molar-refractivity contribution in [2.75, 3.05) is 32.8 Å². The first-order chi connectivity index (χ1) is 14.1. The molecule has 1 heterocycles. The third-order valence-electron chi connectivity index (χ3n) is 6.46. The van der Waals surface area contributed by atoms with E-state index in [2.05, 4.69) is 34.6 Å². The molecule has 1 aliphatic heterocycles. The molecule has 0 aromatic carbocycles. The Labute approximate surface area is 185 Å². The number of hydrogen-bond acceptors (Lipinski definition) is 3. The van der Waals surface area contributed by atoms with E-state index in [9.17, 15) is 9.59 Å². The quantitative estimate of drug-likeness (QED) is 0.204. The summed E-state index contributed by atoms with van der Waals surface area (Å²) in [4.78, 5) is 27.1. The van der Waals surface area contributed by atoms with Gasteiger partial charge in [0.2, 0.25) is 5.91 Å². The summed E-state index contributed by atoms with van der Waals surface area (Å²) in [6, 6.07) is -0.119. The Hall–Kier alpha value is -1.10. The molecule has 0 N–H and O–H groups in total. The first kappa shape index (κ1) is 26.9. The Kier molecular flexibility index (Phi) is 12.0. The van der Waals surface area contributed by atoms with Gasteiger partial charge in [0.1, 0.15) is 6.54 Å². The first-order valence-corrected chi connectivity index (χ1v) is 12.3. The number of urea groups is 1. The van der Waals surface area contributed by atoms with Gasteiger partial charge in [0.25, 0.3) is 0 Å². The van der Waals surface area contributed by atoms with Crippen molar-refractivity contribution in [2.45, 2.75) is 106 Å². The lowest BCUT2D eigenvalue weighted by molar-refractivity contribution is -0.125. The van der Waals surface area contributed by atoms with Crippen LogP contribution in [-0.4, -0.2) is 54.6 Å². The van der Waals surface area contributed by atoms with Gasteiger partial charge in [0.05, 0.1) is 0 Å². The fourth-order valence-corrected chi connectivity index (χ4v) is 4.42. The molecule has 1 fully saturated rings. The standard InChI is InChI=1S/C25H48N2O3/c1-7-14-24(3,4)15-9-11-19-30-20-12-10-16-25(5,6)17-13-18-27-22(28)21-26(8-2)23(27)29/h7-21H2,1-6H3. The van der Waals surface area contributed by atoms with E-state index < -0.39 is 0 Å². The molecule has 1 rings (SSSR count). The van der Waals surface area contributed by atoms with Crippen LogP contribution in [0.4, 0.5) is 4.79 Å². The van der Waals surface area contributed by atoms with Gasteiger partial charge in [-0.15, -0.1) is 0 Å². The van der Waals surface area contributed by atoms with Crippen LogP contribution in [0.5, 0.6) is 0 Å². The van der Waals surface area contributed by atoms with Gasteiger partial charge in [0, 0.05) is 26.3 Å². The fraction of sp³-hybridized carbons (Fsp3) is 0.920. The van der Waals surface area contributed by atoms with E-state index in [4.69, 9.17) is 4.74 Å². The number of nitrogens with zero attached hydrogens (tertiary/aromatic N) is 2. The van der Waals surface area contributed by atoms with Gasteiger partial charge in [-0.05, 0) is 62.7 Å². The number of hydrogen-bond donors (Lipinski definition) is 0. The second-order valence-electron chi connectivity index (χ2n) is 10.6. The van der Waals surface area contributed by atoms with Gasteiger partial charge in [-0.2, -0.15) is 0 Å². The first-order valence-electron chi connectivity index (χ1n) is 12.3. The van der Waals surface area contributed by atoms with E-state index in [0.29, 0.717) is 18.5 Å². The molecular weight excluding hydrogens is 376 g/mol. The third kappa shape index (κ3) is 10.3. The molecule has 1 saturated heterocycles. The minimum absolute atomic E-state index is 0.0502. The molecule has 5 heteroatoms.